The molecule has 0 unspecified atom stereocenters. The lowest BCUT2D eigenvalue weighted by atomic mass is 10.2. The minimum absolute atomic E-state index is 0.250. The topological polar surface area (TPSA) is 51.2 Å². The molecule has 2 aromatic rings. The monoisotopic (exact) mass is 550 g/mol. The van der Waals surface area contributed by atoms with Crippen LogP contribution < -0.4 is 10.1 Å². The van der Waals surface area contributed by atoms with Crippen LogP contribution in [0.15, 0.2) is 39.4 Å². The van der Waals surface area contributed by atoms with Crippen LogP contribution in [0.4, 0.5) is 5.82 Å². The lowest BCUT2D eigenvalue weighted by molar-refractivity contribution is -0.111. The van der Waals surface area contributed by atoms with Crippen LogP contribution in [0.3, 0.4) is 0 Å². The molecular weight excluding hydrogens is 539 g/mol. The van der Waals surface area contributed by atoms with Crippen molar-refractivity contribution in [3.63, 3.8) is 0 Å². The number of nitrogens with zero attached hydrogens (tertiary/aromatic N) is 1. The zero-order chi connectivity index (χ0) is 17.0. The van der Waals surface area contributed by atoms with Crippen molar-refractivity contribution < 1.29 is 9.53 Å². The predicted molar refractivity (Wildman–Crippen MR) is 108 cm³/mol. The Kier molecular flexibility index (Phi) is 6.60. The van der Waals surface area contributed by atoms with E-state index < -0.39 is 0 Å². The lowest BCUT2D eigenvalue weighted by Gasteiger charge is -2.08. The minimum atomic E-state index is -0.250. The van der Waals surface area contributed by atoms with Gasteiger partial charge in [0.1, 0.15) is 11.6 Å². The van der Waals surface area contributed by atoms with Crippen molar-refractivity contribution in [2.45, 2.75) is 6.92 Å². The van der Waals surface area contributed by atoms with Crippen LogP contribution in [0.25, 0.3) is 6.08 Å². The second-order valence-electron chi connectivity index (χ2n) is 4.65. The number of methoxy groups -OCH3 is 1. The average molecular weight is 552 g/mol. The first-order chi connectivity index (χ1) is 10.9. The van der Waals surface area contributed by atoms with Gasteiger partial charge >= 0.3 is 0 Å². The smallest absolute Gasteiger partial charge is 0.249 e. The molecule has 0 saturated carbocycles. The molecule has 0 atom stereocenters. The molecule has 4 nitrogen and oxygen atoms in total. The number of aromatic nitrogens is 1. The van der Waals surface area contributed by atoms with E-state index in [2.05, 4.69) is 64.8 Å². The van der Waals surface area contributed by atoms with Crippen LogP contribution in [0.5, 0.6) is 5.75 Å². The van der Waals surface area contributed by atoms with Crippen LogP contribution in [-0.4, -0.2) is 18.0 Å². The van der Waals surface area contributed by atoms with E-state index in [1.807, 2.05) is 25.1 Å². The number of carbonyl (C=O) groups is 1. The largest absolute Gasteiger partial charge is 0.495 e. The predicted octanol–water partition coefficient (Wildman–Crippen LogP) is 5.18. The molecular formula is C16H13Br2IN2O2. The number of halogens is 3. The third-order valence-corrected chi connectivity index (χ3v) is 4.58. The Bertz CT molecular complexity index is 779. The SMILES string of the molecule is COc1c(Br)cc(Br)cc1/C=C/C(=O)Nc1ncc(I)cc1C. The van der Waals surface area contributed by atoms with Crippen LogP contribution in [0.2, 0.25) is 0 Å². The number of hydrogen-bond donors (Lipinski definition) is 1. The third-order valence-electron chi connectivity index (χ3n) is 2.94. The lowest BCUT2D eigenvalue weighted by Crippen LogP contribution is -2.10. The van der Waals surface area contributed by atoms with E-state index in [-0.39, 0.29) is 5.91 Å². The summed E-state index contributed by atoms with van der Waals surface area (Å²) in [6, 6.07) is 5.72. The number of rotatable bonds is 4. The van der Waals surface area contributed by atoms with E-state index in [4.69, 9.17) is 4.74 Å². The Morgan fingerprint density at radius 1 is 1.35 bits per heavy atom. The van der Waals surface area contributed by atoms with Crippen molar-refractivity contribution >= 4 is 72.3 Å². The zero-order valence-corrected chi connectivity index (χ0v) is 17.7. The molecule has 1 aromatic carbocycles. The van der Waals surface area contributed by atoms with Crippen LogP contribution in [0.1, 0.15) is 11.1 Å². The van der Waals surface area contributed by atoms with E-state index in [0.29, 0.717) is 11.6 Å². The van der Waals surface area contributed by atoms with Gasteiger partial charge in [-0.2, -0.15) is 0 Å². The molecule has 1 N–H and O–H groups in total. The fraction of sp³-hybridized carbons (Fsp3) is 0.125. The highest BCUT2D eigenvalue weighted by molar-refractivity contribution is 14.1. The van der Waals surface area contributed by atoms with Gasteiger partial charge in [0.25, 0.3) is 0 Å². The van der Waals surface area contributed by atoms with Gasteiger partial charge in [-0.3, -0.25) is 4.79 Å². The van der Waals surface area contributed by atoms with E-state index in [9.17, 15) is 4.79 Å². The maximum atomic E-state index is 12.1. The van der Waals surface area contributed by atoms with Crippen LogP contribution in [0, 0.1) is 10.5 Å². The number of carbonyl (C=O) groups excluding carboxylic acids is 1. The summed E-state index contributed by atoms with van der Waals surface area (Å²) in [5, 5.41) is 2.77. The number of nitrogens with one attached hydrogen (secondary N) is 1. The van der Waals surface area contributed by atoms with Gasteiger partial charge in [0.2, 0.25) is 5.91 Å². The van der Waals surface area contributed by atoms with Gasteiger partial charge in [-0.1, -0.05) is 15.9 Å². The van der Waals surface area contributed by atoms with E-state index >= 15 is 0 Å². The number of ether oxygens (including phenoxy) is 1. The molecule has 0 aliphatic rings. The number of aryl methyl sites for hydroxylation is 1. The Morgan fingerprint density at radius 3 is 2.74 bits per heavy atom. The molecule has 0 saturated heterocycles. The van der Waals surface area contributed by atoms with E-state index in [0.717, 1.165) is 23.6 Å². The second kappa shape index (κ2) is 8.25. The summed E-state index contributed by atoms with van der Waals surface area (Å²) >= 11 is 9.04. The fourth-order valence-electron chi connectivity index (χ4n) is 1.91. The molecule has 0 radical (unpaired) electrons. The number of amides is 1. The van der Waals surface area contributed by atoms with Gasteiger partial charge in [0.05, 0.1) is 11.6 Å². The fourth-order valence-corrected chi connectivity index (χ4v) is 3.94. The van der Waals surface area contributed by atoms with Gasteiger partial charge in [-0.25, -0.2) is 4.98 Å². The minimum Gasteiger partial charge on any atom is -0.495 e. The summed E-state index contributed by atoms with van der Waals surface area (Å²) in [5.74, 6) is 0.975. The van der Waals surface area contributed by atoms with Gasteiger partial charge < -0.3 is 10.1 Å². The Labute approximate surface area is 165 Å². The molecule has 0 spiro atoms. The zero-order valence-electron chi connectivity index (χ0n) is 12.4. The molecule has 0 fully saturated rings. The quantitative estimate of drug-likeness (QED) is 0.421. The molecule has 1 aromatic heterocycles. The Balaban J connectivity index is 2.18. The number of hydrogen-bond acceptors (Lipinski definition) is 3. The van der Waals surface area contributed by atoms with Crippen molar-refractivity contribution in [1.29, 1.82) is 0 Å². The second-order valence-corrected chi connectivity index (χ2v) is 7.67. The van der Waals surface area contributed by atoms with Crippen molar-refractivity contribution in [2.75, 3.05) is 12.4 Å². The average Bonchev–Trinajstić information content (AvgIpc) is 2.47. The molecule has 0 aliphatic carbocycles. The first kappa shape index (κ1) is 18.4. The van der Waals surface area contributed by atoms with Crippen molar-refractivity contribution in [2.24, 2.45) is 0 Å². The molecule has 23 heavy (non-hydrogen) atoms. The highest BCUT2D eigenvalue weighted by atomic mass is 127. The molecule has 120 valence electrons. The highest BCUT2D eigenvalue weighted by Crippen LogP contribution is 2.33. The van der Waals surface area contributed by atoms with Crippen LogP contribution in [-0.2, 0) is 4.79 Å². The molecule has 1 heterocycles. The summed E-state index contributed by atoms with van der Waals surface area (Å²) in [5.41, 5.74) is 1.71. The normalized spacial score (nSPS) is 10.8. The summed E-state index contributed by atoms with van der Waals surface area (Å²) in [7, 11) is 1.59. The summed E-state index contributed by atoms with van der Waals surface area (Å²) in [6.07, 6.45) is 4.86. The first-order valence-electron chi connectivity index (χ1n) is 6.55. The van der Waals surface area contributed by atoms with Gasteiger partial charge in [0, 0.05) is 25.9 Å². The van der Waals surface area contributed by atoms with E-state index in [1.54, 1.807) is 19.4 Å². The summed E-state index contributed by atoms with van der Waals surface area (Å²) in [4.78, 5) is 16.3. The van der Waals surface area contributed by atoms with Crippen molar-refractivity contribution in [3.8, 4) is 5.75 Å². The summed E-state index contributed by atoms with van der Waals surface area (Å²) < 4.78 is 8.07. The maximum absolute atomic E-state index is 12.1. The third kappa shape index (κ3) is 5.02. The summed E-state index contributed by atoms with van der Waals surface area (Å²) in [6.45, 7) is 1.91. The van der Waals surface area contributed by atoms with Gasteiger partial charge in [0.15, 0.2) is 0 Å². The standard InChI is InChI=1S/C16H13Br2IN2O2/c1-9-5-12(19)8-20-16(9)21-14(22)4-3-10-6-11(17)7-13(18)15(10)23-2/h3-8H,1-2H3,(H,20,21,22)/b4-3+. The number of pyridine rings is 1. The molecule has 0 aliphatic heterocycles. The Morgan fingerprint density at radius 2 is 2.09 bits per heavy atom. The Hall–Kier alpha value is -0.930. The van der Waals surface area contributed by atoms with Crippen molar-refractivity contribution in [3.05, 3.63) is 54.1 Å². The van der Waals surface area contributed by atoms with Gasteiger partial charge in [-0.15, -0.1) is 0 Å². The van der Waals surface area contributed by atoms with Crippen molar-refractivity contribution in [1.82, 2.24) is 4.98 Å². The van der Waals surface area contributed by atoms with E-state index in [1.165, 1.54) is 6.08 Å². The molecule has 2 rings (SSSR count). The molecule has 7 heteroatoms. The maximum Gasteiger partial charge on any atom is 0.249 e. The number of benzene rings is 1. The molecule has 1 amide bonds. The highest BCUT2D eigenvalue weighted by Gasteiger charge is 2.08. The van der Waals surface area contributed by atoms with Gasteiger partial charge in [-0.05, 0) is 75.3 Å². The first-order valence-corrected chi connectivity index (χ1v) is 9.21. The van der Waals surface area contributed by atoms with Crippen LogP contribution >= 0.6 is 54.5 Å². The number of anilines is 1. The molecule has 0 bridgehead atoms.